The van der Waals surface area contributed by atoms with Crippen molar-refractivity contribution >= 4 is 29.9 Å². The van der Waals surface area contributed by atoms with Gasteiger partial charge in [-0.2, -0.15) is 0 Å². The van der Waals surface area contributed by atoms with Crippen molar-refractivity contribution in [2.75, 3.05) is 40.9 Å². The van der Waals surface area contributed by atoms with Crippen LogP contribution >= 0.6 is 24.0 Å². The molecule has 8 heteroatoms. The Morgan fingerprint density at radius 3 is 2.43 bits per heavy atom. The minimum Gasteiger partial charge on any atom is -0.494 e. The molecule has 0 bridgehead atoms. The molecule has 0 aromatic heterocycles. The van der Waals surface area contributed by atoms with E-state index in [1.807, 2.05) is 6.07 Å². The number of guanidine groups is 1. The quantitative estimate of drug-likeness (QED) is 0.317. The van der Waals surface area contributed by atoms with Crippen LogP contribution < -0.4 is 15.4 Å². The SMILES string of the molecule is CN=C(NCC(OC)C(C)(C)C)NC1CCN(Cc2ccc(OC)c(F)c2)CC1.I. The number of aliphatic imine (C=N–C) groups is 1. The zero-order valence-electron chi connectivity index (χ0n) is 19.1. The summed E-state index contributed by atoms with van der Waals surface area (Å²) in [5.41, 5.74) is 1.03. The second kappa shape index (κ2) is 12.7. The van der Waals surface area contributed by atoms with Crippen molar-refractivity contribution in [2.45, 2.75) is 52.3 Å². The van der Waals surface area contributed by atoms with Gasteiger partial charge < -0.3 is 20.1 Å². The van der Waals surface area contributed by atoms with Crippen molar-refractivity contribution in [3.05, 3.63) is 29.6 Å². The van der Waals surface area contributed by atoms with E-state index >= 15 is 0 Å². The van der Waals surface area contributed by atoms with Gasteiger partial charge in [-0.05, 0) is 36.0 Å². The zero-order chi connectivity index (χ0) is 21.4. The average molecular weight is 536 g/mol. The first-order valence-corrected chi connectivity index (χ1v) is 10.3. The molecule has 1 aromatic rings. The summed E-state index contributed by atoms with van der Waals surface area (Å²) in [5, 5.41) is 6.91. The molecule has 0 aliphatic carbocycles. The Kier molecular flexibility index (Phi) is 11.4. The Labute approximate surface area is 198 Å². The number of likely N-dealkylation sites (tertiary alicyclic amines) is 1. The topological polar surface area (TPSA) is 58.1 Å². The number of hydrogen-bond acceptors (Lipinski definition) is 4. The van der Waals surface area contributed by atoms with Crippen molar-refractivity contribution in [3.63, 3.8) is 0 Å². The fourth-order valence-electron chi connectivity index (χ4n) is 3.62. The number of nitrogens with zero attached hydrogens (tertiary/aromatic N) is 2. The molecule has 1 atom stereocenters. The average Bonchev–Trinajstić information content (AvgIpc) is 2.68. The van der Waals surface area contributed by atoms with E-state index in [9.17, 15) is 4.39 Å². The second-order valence-electron chi connectivity index (χ2n) is 8.71. The van der Waals surface area contributed by atoms with E-state index < -0.39 is 0 Å². The molecule has 1 aliphatic rings. The van der Waals surface area contributed by atoms with Crippen LogP contribution in [0.4, 0.5) is 4.39 Å². The summed E-state index contributed by atoms with van der Waals surface area (Å²) in [6, 6.07) is 5.57. The Bertz CT molecular complexity index is 674. The van der Waals surface area contributed by atoms with E-state index in [4.69, 9.17) is 9.47 Å². The molecule has 1 heterocycles. The fraction of sp³-hybridized carbons (Fsp3) is 0.682. The molecule has 0 amide bonds. The number of benzene rings is 1. The zero-order valence-corrected chi connectivity index (χ0v) is 21.5. The van der Waals surface area contributed by atoms with Crippen LogP contribution in [-0.4, -0.2) is 63.9 Å². The van der Waals surface area contributed by atoms with Crippen LogP contribution in [0.2, 0.25) is 0 Å². The third-order valence-corrected chi connectivity index (χ3v) is 5.48. The van der Waals surface area contributed by atoms with Crippen LogP contribution in [0.25, 0.3) is 0 Å². The lowest BCUT2D eigenvalue weighted by atomic mass is 9.89. The lowest BCUT2D eigenvalue weighted by Gasteiger charge is -2.34. The summed E-state index contributed by atoms with van der Waals surface area (Å²) in [4.78, 5) is 6.71. The van der Waals surface area contributed by atoms with Crippen LogP contribution in [0.15, 0.2) is 23.2 Å². The Hall–Kier alpha value is -1.13. The molecule has 1 fully saturated rings. The minimum atomic E-state index is -0.305. The third-order valence-electron chi connectivity index (χ3n) is 5.48. The third kappa shape index (κ3) is 8.19. The standard InChI is InChI=1S/C22H37FN4O2.HI/c1-22(2,3)20(29-6)14-25-21(24-4)26-17-9-11-27(12-10-17)15-16-7-8-19(28-5)18(23)13-16;/h7-8,13,17,20H,9-12,14-15H2,1-6H3,(H2,24,25,26);1H. The van der Waals surface area contributed by atoms with Gasteiger partial charge in [-0.1, -0.05) is 26.8 Å². The molecule has 172 valence electrons. The molecular weight excluding hydrogens is 498 g/mol. The van der Waals surface area contributed by atoms with Gasteiger partial charge in [0.2, 0.25) is 0 Å². The number of halogens is 2. The highest BCUT2D eigenvalue weighted by Gasteiger charge is 2.25. The summed E-state index contributed by atoms with van der Waals surface area (Å²) in [5.74, 6) is 0.797. The number of nitrogens with one attached hydrogen (secondary N) is 2. The van der Waals surface area contributed by atoms with Crippen molar-refractivity contribution in [1.29, 1.82) is 0 Å². The van der Waals surface area contributed by atoms with Gasteiger partial charge in [0.25, 0.3) is 0 Å². The van der Waals surface area contributed by atoms with Gasteiger partial charge in [-0.25, -0.2) is 4.39 Å². The van der Waals surface area contributed by atoms with Gasteiger partial charge in [0, 0.05) is 46.4 Å². The largest absolute Gasteiger partial charge is 0.494 e. The van der Waals surface area contributed by atoms with E-state index in [1.165, 1.54) is 7.11 Å². The van der Waals surface area contributed by atoms with E-state index in [0.717, 1.165) is 44.0 Å². The van der Waals surface area contributed by atoms with Gasteiger partial charge in [0.15, 0.2) is 17.5 Å². The smallest absolute Gasteiger partial charge is 0.191 e. The maximum Gasteiger partial charge on any atom is 0.191 e. The number of methoxy groups -OCH3 is 2. The molecule has 1 aliphatic heterocycles. The van der Waals surface area contributed by atoms with E-state index in [1.54, 1.807) is 26.3 Å². The number of rotatable bonds is 7. The highest BCUT2D eigenvalue weighted by molar-refractivity contribution is 14.0. The van der Waals surface area contributed by atoms with Gasteiger partial charge >= 0.3 is 0 Å². The number of hydrogen-bond donors (Lipinski definition) is 2. The van der Waals surface area contributed by atoms with Crippen molar-refractivity contribution in [3.8, 4) is 5.75 Å². The maximum atomic E-state index is 13.9. The Morgan fingerprint density at radius 2 is 1.93 bits per heavy atom. The normalized spacial score (nSPS) is 17.2. The van der Waals surface area contributed by atoms with Crippen molar-refractivity contribution < 1.29 is 13.9 Å². The number of ether oxygens (including phenoxy) is 2. The van der Waals surface area contributed by atoms with E-state index in [-0.39, 0.29) is 47.1 Å². The van der Waals surface area contributed by atoms with Crippen LogP contribution in [0, 0.1) is 11.2 Å². The van der Waals surface area contributed by atoms with E-state index in [0.29, 0.717) is 12.6 Å². The summed E-state index contributed by atoms with van der Waals surface area (Å²) < 4.78 is 24.5. The highest BCUT2D eigenvalue weighted by Crippen LogP contribution is 2.21. The first kappa shape index (κ1) is 26.9. The van der Waals surface area contributed by atoms with Gasteiger partial charge in [0.05, 0.1) is 13.2 Å². The molecule has 1 aromatic carbocycles. The summed E-state index contributed by atoms with van der Waals surface area (Å²) in [6.07, 6.45) is 2.14. The molecule has 0 saturated carbocycles. The van der Waals surface area contributed by atoms with Crippen LogP contribution in [0.1, 0.15) is 39.2 Å². The minimum absolute atomic E-state index is 0. The van der Waals surface area contributed by atoms with Gasteiger partial charge in [-0.15, -0.1) is 24.0 Å². The molecule has 0 radical (unpaired) electrons. The van der Waals surface area contributed by atoms with Gasteiger partial charge in [-0.3, -0.25) is 9.89 Å². The van der Waals surface area contributed by atoms with Crippen LogP contribution in [-0.2, 0) is 11.3 Å². The number of piperidine rings is 1. The summed E-state index contributed by atoms with van der Waals surface area (Å²) in [7, 11) is 5.02. The Balaban J connectivity index is 0.00000450. The molecule has 2 rings (SSSR count). The predicted octanol–water partition coefficient (Wildman–Crippen LogP) is 3.64. The molecule has 2 N–H and O–H groups in total. The molecule has 1 unspecified atom stereocenters. The van der Waals surface area contributed by atoms with Crippen LogP contribution in [0.3, 0.4) is 0 Å². The summed E-state index contributed by atoms with van der Waals surface area (Å²) in [6.45, 7) is 9.90. The highest BCUT2D eigenvalue weighted by atomic mass is 127. The Morgan fingerprint density at radius 1 is 1.27 bits per heavy atom. The fourth-order valence-corrected chi connectivity index (χ4v) is 3.62. The second-order valence-corrected chi connectivity index (χ2v) is 8.71. The molecule has 6 nitrogen and oxygen atoms in total. The van der Waals surface area contributed by atoms with E-state index in [2.05, 4.69) is 41.3 Å². The lowest BCUT2D eigenvalue weighted by Crippen LogP contribution is -2.51. The summed E-state index contributed by atoms with van der Waals surface area (Å²) >= 11 is 0. The first-order valence-electron chi connectivity index (χ1n) is 10.3. The van der Waals surface area contributed by atoms with Crippen LogP contribution in [0.5, 0.6) is 5.75 Å². The van der Waals surface area contributed by atoms with Crippen molar-refractivity contribution in [1.82, 2.24) is 15.5 Å². The first-order chi connectivity index (χ1) is 13.8. The molecule has 30 heavy (non-hydrogen) atoms. The monoisotopic (exact) mass is 536 g/mol. The van der Waals surface area contributed by atoms with Crippen molar-refractivity contribution in [2.24, 2.45) is 10.4 Å². The molecule has 0 spiro atoms. The maximum absolute atomic E-state index is 13.9. The molecule has 1 saturated heterocycles. The predicted molar refractivity (Wildman–Crippen MR) is 131 cm³/mol. The van der Waals surface area contributed by atoms with Gasteiger partial charge in [0.1, 0.15) is 0 Å². The lowest BCUT2D eigenvalue weighted by molar-refractivity contribution is 0.0204. The molecular formula is C22H38FIN4O2.